The number of rotatable bonds is 5. The van der Waals surface area contributed by atoms with Crippen molar-refractivity contribution in [3.63, 3.8) is 0 Å². The van der Waals surface area contributed by atoms with Crippen molar-refractivity contribution in [2.24, 2.45) is 0 Å². The van der Waals surface area contributed by atoms with E-state index < -0.39 is 0 Å². The molecule has 0 aromatic carbocycles. The third kappa shape index (κ3) is 3.79. The fourth-order valence-electron chi connectivity index (χ4n) is 2.86. The fourth-order valence-corrected chi connectivity index (χ4v) is 2.86. The van der Waals surface area contributed by atoms with Gasteiger partial charge in [0.15, 0.2) is 0 Å². The molecular formula is C16H25N3O. The Morgan fingerprint density at radius 1 is 1.35 bits per heavy atom. The van der Waals surface area contributed by atoms with Crippen molar-refractivity contribution in [2.45, 2.75) is 45.6 Å². The van der Waals surface area contributed by atoms with E-state index in [4.69, 9.17) is 0 Å². The highest BCUT2D eigenvalue weighted by molar-refractivity contribution is 5.92. The van der Waals surface area contributed by atoms with Crippen LogP contribution in [0.1, 0.15) is 39.5 Å². The summed E-state index contributed by atoms with van der Waals surface area (Å²) >= 11 is 0. The number of nitrogens with zero attached hydrogens (tertiary/aromatic N) is 3. The van der Waals surface area contributed by atoms with Gasteiger partial charge in [-0.25, -0.2) is 4.98 Å². The summed E-state index contributed by atoms with van der Waals surface area (Å²) < 4.78 is 0. The lowest BCUT2D eigenvalue weighted by Crippen LogP contribution is -2.47. The van der Waals surface area contributed by atoms with Crippen LogP contribution >= 0.6 is 0 Å². The molecule has 1 fully saturated rings. The van der Waals surface area contributed by atoms with Gasteiger partial charge in [0.2, 0.25) is 5.91 Å². The van der Waals surface area contributed by atoms with Gasteiger partial charge in [0.1, 0.15) is 5.82 Å². The van der Waals surface area contributed by atoms with Gasteiger partial charge in [-0.3, -0.25) is 9.69 Å². The van der Waals surface area contributed by atoms with E-state index in [0.717, 1.165) is 25.5 Å². The highest BCUT2D eigenvalue weighted by Gasteiger charge is 2.24. The summed E-state index contributed by atoms with van der Waals surface area (Å²) in [6.07, 6.45) is 6.15. The van der Waals surface area contributed by atoms with Crippen molar-refractivity contribution in [3.8, 4) is 0 Å². The largest absolute Gasteiger partial charge is 0.301 e. The van der Waals surface area contributed by atoms with Gasteiger partial charge in [0.05, 0.1) is 0 Å². The first-order chi connectivity index (χ1) is 9.72. The minimum absolute atomic E-state index is 0.146. The molecule has 1 atom stereocenters. The van der Waals surface area contributed by atoms with Crippen molar-refractivity contribution < 1.29 is 4.79 Å². The number of aromatic nitrogens is 1. The van der Waals surface area contributed by atoms with E-state index in [1.165, 1.54) is 19.3 Å². The van der Waals surface area contributed by atoms with Crippen LogP contribution in [0.15, 0.2) is 24.4 Å². The van der Waals surface area contributed by atoms with Gasteiger partial charge >= 0.3 is 0 Å². The topological polar surface area (TPSA) is 36.4 Å². The van der Waals surface area contributed by atoms with Crippen molar-refractivity contribution in [1.29, 1.82) is 0 Å². The molecule has 0 aliphatic carbocycles. The van der Waals surface area contributed by atoms with Crippen LogP contribution < -0.4 is 4.90 Å². The second kappa shape index (κ2) is 7.39. The predicted octanol–water partition coefficient (Wildman–Crippen LogP) is 2.70. The summed E-state index contributed by atoms with van der Waals surface area (Å²) in [6.45, 7) is 7.27. The van der Waals surface area contributed by atoms with Gasteiger partial charge in [-0.05, 0) is 45.0 Å². The summed E-state index contributed by atoms with van der Waals surface area (Å²) in [7, 11) is 0. The zero-order valence-corrected chi connectivity index (χ0v) is 12.6. The van der Waals surface area contributed by atoms with E-state index in [-0.39, 0.29) is 11.9 Å². The number of hydrogen-bond acceptors (Lipinski definition) is 3. The van der Waals surface area contributed by atoms with Gasteiger partial charge in [-0.2, -0.15) is 0 Å². The number of carbonyl (C=O) groups is 1. The quantitative estimate of drug-likeness (QED) is 0.829. The van der Waals surface area contributed by atoms with Crippen LogP contribution in [0.5, 0.6) is 0 Å². The fraction of sp³-hybridized carbons (Fsp3) is 0.625. The Hall–Kier alpha value is -1.42. The van der Waals surface area contributed by atoms with Crippen LogP contribution in [-0.4, -0.2) is 41.5 Å². The first kappa shape index (κ1) is 15.0. The molecular weight excluding hydrogens is 250 g/mol. The van der Waals surface area contributed by atoms with Gasteiger partial charge in [-0.1, -0.05) is 19.4 Å². The molecule has 20 heavy (non-hydrogen) atoms. The molecule has 0 unspecified atom stereocenters. The lowest BCUT2D eigenvalue weighted by Gasteiger charge is -2.34. The predicted molar refractivity (Wildman–Crippen MR) is 81.8 cm³/mol. The molecule has 1 aromatic rings. The Morgan fingerprint density at radius 2 is 2.10 bits per heavy atom. The molecule has 1 aliphatic heterocycles. The second-order valence-corrected chi connectivity index (χ2v) is 5.52. The van der Waals surface area contributed by atoms with Gasteiger partial charge in [-0.15, -0.1) is 0 Å². The van der Waals surface area contributed by atoms with E-state index in [9.17, 15) is 4.79 Å². The number of piperidine rings is 1. The van der Waals surface area contributed by atoms with Gasteiger partial charge < -0.3 is 4.90 Å². The maximum absolute atomic E-state index is 12.3. The molecule has 0 spiro atoms. The number of likely N-dealkylation sites (tertiary alicyclic amines) is 1. The second-order valence-electron chi connectivity index (χ2n) is 5.52. The minimum atomic E-state index is 0.146. The first-order valence-corrected chi connectivity index (χ1v) is 7.67. The highest BCUT2D eigenvalue weighted by Crippen LogP contribution is 2.17. The Labute approximate surface area is 121 Å². The van der Waals surface area contributed by atoms with Crippen molar-refractivity contribution >= 4 is 11.7 Å². The normalized spacial score (nSPS) is 17.7. The van der Waals surface area contributed by atoms with Crippen LogP contribution in [0.3, 0.4) is 0 Å². The Balaban J connectivity index is 2.07. The zero-order valence-electron chi connectivity index (χ0n) is 12.6. The lowest BCUT2D eigenvalue weighted by atomic mass is 10.1. The molecule has 110 valence electrons. The van der Waals surface area contributed by atoms with E-state index in [1.54, 1.807) is 6.20 Å². The lowest BCUT2D eigenvalue weighted by molar-refractivity contribution is -0.118. The SMILES string of the molecule is CCC(=O)N(c1ccccn1)[C@@H](C)CN1CCCCC1. The third-order valence-corrected chi connectivity index (χ3v) is 3.88. The molecule has 0 N–H and O–H groups in total. The van der Waals surface area contributed by atoms with E-state index in [1.807, 2.05) is 30.0 Å². The molecule has 0 saturated carbocycles. The standard InChI is InChI=1S/C16H25N3O/c1-3-16(20)19(15-9-5-6-10-17-15)14(2)13-18-11-7-4-8-12-18/h5-6,9-10,14H,3-4,7-8,11-13H2,1-2H3/t14-/m0/s1. The van der Waals surface area contributed by atoms with E-state index in [2.05, 4.69) is 16.8 Å². The van der Waals surface area contributed by atoms with Crippen LogP contribution in [0.4, 0.5) is 5.82 Å². The highest BCUT2D eigenvalue weighted by atomic mass is 16.2. The summed E-state index contributed by atoms with van der Waals surface area (Å²) in [5, 5.41) is 0. The van der Waals surface area contributed by atoms with E-state index in [0.29, 0.717) is 6.42 Å². The van der Waals surface area contributed by atoms with Crippen molar-refractivity contribution in [3.05, 3.63) is 24.4 Å². The number of carbonyl (C=O) groups excluding carboxylic acids is 1. The molecule has 4 nitrogen and oxygen atoms in total. The Morgan fingerprint density at radius 3 is 2.70 bits per heavy atom. The maximum atomic E-state index is 12.3. The molecule has 4 heteroatoms. The van der Waals surface area contributed by atoms with Gasteiger partial charge in [0.25, 0.3) is 0 Å². The smallest absolute Gasteiger partial charge is 0.228 e. The van der Waals surface area contributed by atoms with Crippen LogP contribution in [0.25, 0.3) is 0 Å². The molecule has 1 amide bonds. The number of pyridine rings is 1. The summed E-state index contributed by atoms with van der Waals surface area (Å²) in [6, 6.07) is 5.90. The molecule has 2 heterocycles. The zero-order chi connectivity index (χ0) is 14.4. The minimum Gasteiger partial charge on any atom is -0.301 e. The van der Waals surface area contributed by atoms with Crippen LogP contribution in [-0.2, 0) is 4.79 Å². The number of anilines is 1. The molecule has 0 bridgehead atoms. The number of hydrogen-bond donors (Lipinski definition) is 0. The van der Waals surface area contributed by atoms with Crippen molar-refractivity contribution in [2.75, 3.05) is 24.5 Å². The molecule has 2 rings (SSSR count). The van der Waals surface area contributed by atoms with Crippen LogP contribution in [0.2, 0.25) is 0 Å². The Kier molecular flexibility index (Phi) is 5.53. The van der Waals surface area contributed by atoms with Crippen molar-refractivity contribution in [1.82, 2.24) is 9.88 Å². The third-order valence-electron chi connectivity index (χ3n) is 3.88. The Bertz CT molecular complexity index is 415. The average molecular weight is 275 g/mol. The molecule has 1 aromatic heterocycles. The van der Waals surface area contributed by atoms with Crippen LogP contribution in [0, 0.1) is 0 Å². The summed E-state index contributed by atoms with van der Waals surface area (Å²) in [4.78, 5) is 20.9. The molecule has 1 saturated heterocycles. The molecule has 1 aliphatic rings. The maximum Gasteiger partial charge on any atom is 0.228 e. The average Bonchev–Trinajstić information content (AvgIpc) is 2.49. The summed E-state index contributed by atoms with van der Waals surface area (Å²) in [5.41, 5.74) is 0. The summed E-state index contributed by atoms with van der Waals surface area (Å²) in [5.74, 6) is 0.914. The van der Waals surface area contributed by atoms with E-state index >= 15 is 0 Å². The first-order valence-electron chi connectivity index (χ1n) is 7.67. The van der Waals surface area contributed by atoms with Gasteiger partial charge in [0, 0.05) is 25.2 Å². The number of amides is 1. The monoisotopic (exact) mass is 275 g/mol. The molecule has 0 radical (unpaired) electrons.